The minimum Gasteiger partial charge on any atom is -0.496 e. The monoisotopic (exact) mass is 431 g/mol. The van der Waals surface area contributed by atoms with E-state index in [1.54, 1.807) is 50.6 Å². The molecular weight excluding hydrogens is 413 g/mol. The number of ether oxygens (including phenoxy) is 3. The van der Waals surface area contributed by atoms with Crippen LogP contribution in [0.4, 0.5) is 5.69 Å². The summed E-state index contributed by atoms with van der Waals surface area (Å²) in [4.78, 5) is 12.7. The Bertz CT molecular complexity index is 1020. The number of anilines is 1. The quantitative estimate of drug-likeness (QED) is 0.510. The van der Waals surface area contributed by atoms with E-state index in [1.807, 2.05) is 24.3 Å². The van der Waals surface area contributed by atoms with Crippen molar-refractivity contribution in [3.63, 3.8) is 0 Å². The van der Waals surface area contributed by atoms with Crippen LogP contribution in [0.15, 0.2) is 60.7 Å². The van der Waals surface area contributed by atoms with Crippen molar-refractivity contribution in [2.75, 3.05) is 19.5 Å². The topological polar surface area (TPSA) is 56.8 Å². The highest BCUT2D eigenvalue weighted by molar-refractivity contribution is 6.44. The van der Waals surface area contributed by atoms with Crippen LogP contribution in [0, 0.1) is 0 Å². The van der Waals surface area contributed by atoms with E-state index in [9.17, 15) is 4.79 Å². The molecule has 0 spiro atoms. The van der Waals surface area contributed by atoms with Crippen LogP contribution in [0.3, 0.4) is 0 Å². The van der Waals surface area contributed by atoms with Gasteiger partial charge in [-0.1, -0.05) is 41.4 Å². The van der Waals surface area contributed by atoms with E-state index in [0.717, 1.165) is 0 Å². The maximum absolute atomic E-state index is 12.7. The van der Waals surface area contributed by atoms with Gasteiger partial charge in [-0.25, -0.2) is 0 Å². The number of para-hydroxylation sites is 2. The average molecular weight is 432 g/mol. The molecule has 0 saturated heterocycles. The smallest absolute Gasteiger partial charge is 0.255 e. The van der Waals surface area contributed by atoms with E-state index < -0.39 is 0 Å². The van der Waals surface area contributed by atoms with Crippen molar-refractivity contribution < 1.29 is 19.0 Å². The first-order valence-corrected chi connectivity index (χ1v) is 9.47. The maximum Gasteiger partial charge on any atom is 0.255 e. The Morgan fingerprint density at radius 3 is 2.34 bits per heavy atom. The lowest BCUT2D eigenvalue weighted by atomic mass is 10.1. The van der Waals surface area contributed by atoms with Gasteiger partial charge in [0.15, 0.2) is 11.5 Å². The van der Waals surface area contributed by atoms with Gasteiger partial charge in [0.1, 0.15) is 12.4 Å². The van der Waals surface area contributed by atoms with E-state index in [0.29, 0.717) is 39.1 Å². The summed E-state index contributed by atoms with van der Waals surface area (Å²) in [5.74, 6) is 1.50. The summed E-state index contributed by atoms with van der Waals surface area (Å²) in [6.45, 7) is 0.197. The molecule has 29 heavy (non-hydrogen) atoms. The van der Waals surface area contributed by atoms with Crippen LogP contribution in [0.25, 0.3) is 0 Å². The zero-order valence-corrected chi connectivity index (χ0v) is 17.4. The second-order valence-corrected chi connectivity index (χ2v) is 6.81. The number of halogens is 2. The summed E-state index contributed by atoms with van der Waals surface area (Å²) >= 11 is 12.2. The van der Waals surface area contributed by atoms with Crippen LogP contribution >= 0.6 is 23.2 Å². The van der Waals surface area contributed by atoms with Gasteiger partial charge in [-0.15, -0.1) is 0 Å². The van der Waals surface area contributed by atoms with Gasteiger partial charge in [0, 0.05) is 11.1 Å². The maximum atomic E-state index is 12.7. The van der Waals surface area contributed by atoms with Gasteiger partial charge in [0.25, 0.3) is 5.91 Å². The fourth-order valence-electron chi connectivity index (χ4n) is 2.72. The summed E-state index contributed by atoms with van der Waals surface area (Å²) in [6, 6.07) is 17.5. The second kappa shape index (κ2) is 9.54. The molecule has 0 atom stereocenters. The number of benzene rings is 3. The molecule has 3 rings (SSSR count). The number of amides is 1. The van der Waals surface area contributed by atoms with Crippen LogP contribution in [0.1, 0.15) is 15.9 Å². The van der Waals surface area contributed by atoms with Crippen molar-refractivity contribution in [1.29, 1.82) is 0 Å². The van der Waals surface area contributed by atoms with Gasteiger partial charge < -0.3 is 19.5 Å². The summed E-state index contributed by atoms with van der Waals surface area (Å²) in [7, 11) is 3.14. The predicted molar refractivity (Wildman–Crippen MR) is 115 cm³/mol. The third-order valence-corrected chi connectivity index (χ3v) is 5.01. The number of nitrogens with one attached hydrogen (secondary N) is 1. The molecule has 0 heterocycles. The lowest BCUT2D eigenvalue weighted by Crippen LogP contribution is -2.13. The van der Waals surface area contributed by atoms with E-state index >= 15 is 0 Å². The van der Waals surface area contributed by atoms with Crippen LogP contribution in [0.5, 0.6) is 17.2 Å². The number of methoxy groups -OCH3 is 2. The van der Waals surface area contributed by atoms with Crippen molar-refractivity contribution >= 4 is 34.8 Å². The zero-order chi connectivity index (χ0) is 20.8. The molecule has 1 amide bonds. The van der Waals surface area contributed by atoms with Crippen molar-refractivity contribution in [3.05, 3.63) is 81.8 Å². The summed E-state index contributed by atoms with van der Waals surface area (Å²) < 4.78 is 16.6. The highest BCUT2D eigenvalue weighted by Crippen LogP contribution is 2.31. The third kappa shape index (κ3) is 4.94. The van der Waals surface area contributed by atoms with Crippen LogP contribution in [0.2, 0.25) is 10.0 Å². The van der Waals surface area contributed by atoms with Crippen molar-refractivity contribution in [2.24, 2.45) is 0 Å². The molecule has 7 heteroatoms. The normalized spacial score (nSPS) is 10.3. The Balaban J connectivity index is 1.81. The molecule has 0 aliphatic rings. The molecule has 0 fully saturated rings. The molecular formula is C22H19Cl2NO4. The van der Waals surface area contributed by atoms with Gasteiger partial charge in [-0.05, 0) is 42.5 Å². The molecule has 150 valence electrons. The Hall–Kier alpha value is -2.89. The Kier molecular flexibility index (Phi) is 6.86. The summed E-state index contributed by atoms with van der Waals surface area (Å²) in [6.07, 6.45) is 0. The first kappa shape index (κ1) is 20.8. The van der Waals surface area contributed by atoms with Crippen molar-refractivity contribution in [3.8, 4) is 17.2 Å². The molecule has 3 aromatic rings. The zero-order valence-electron chi connectivity index (χ0n) is 15.9. The molecule has 0 saturated carbocycles. The van der Waals surface area contributed by atoms with Gasteiger partial charge in [0.2, 0.25) is 0 Å². The highest BCUT2D eigenvalue weighted by Gasteiger charge is 2.14. The molecule has 0 aliphatic heterocycles. The highest BCUT2D eigenvalue weighted by atomic mass is 35.5. The van der Waals surface area contributed by atoms with Crippen LogP contribution in [-0.4, -0.2) is 20.1 Å². The lowest BCUT2D eigenvalue weighted by Gasteiger charge is -2.14. The van der Waals surface area contributed by atoms with Gasteiger partial charge in [-0.3, -0.25) is 4.79 Å². The minimum absolute atomic E-state index is 0.197. The molecule has 5 nitrogen and oxygen atoms in total. The van der Waals surface area contributed by atoms with E-state index in [4.69, 9.17) is 37.4 Å². The molecule has 0 unspecified atom stereocenters. The molecule has 3 aromatic carbocycles. The first-order valence-electron chi connectivity index (χ1n) is 8.71. The number of rotatable bonds is 7. The predicted octanol–water partition coefficient (Wildman–Crippen LogP) is 5.84. The first-order chi connectivity index (χ1) is 14.0. The van der Waals surface area contributed by atoms with Gasteiger partial charge in [-0.2, -0.15) is 0 Å². The van der Waals surface area contributed by atoms with Gasteiger partial charge >= 0.3 is 0 Å². The number of hydrogen-bond acceptors (Lipinski definition) is 4. The Morgan fingerprint density at radius 1 is 0.897 bits per heavy atom. The molecule has 0 aromatic heterocycles. The SMILES string of the molecule is COc1ccc(C(=O)Nc2cccc(Cl)c2Cl)cc1COc1ccccc1OC. The number of carbonyl (C=O) groups excluding carboxylic acids is 1. The van der Waals surface area contributed by atoms with Gasteiger partial charge in [0.05, 0.1) is 30.0 Å². The Labute approximate surface area is 179 Å². The molecule has 1 N–H and O–H groups in total. The van der Waals surface area contributed by atoms with E-state index in [-0.39, 0.29) is 17.5 Å². The standard InChI is InChI=1S/C22H19Cl2NO4/c1-27-18-11-10-14(22(26)25-17-7-5-6-16(23)21(17)24)12-15(18)13-29-20-9-4-3-8-19(20)28-2/h3-12H,13H2,1-2H3,(H,25,26). The molecule has 0 radical (unpaired) electrons. The molecule has 0 aliphatic carbocycles. The lowest BCUT2D eigenvalue weighted by molar-refractivity contribution is 0.102. The second-order valence-electron chi connectivity index (χ2n) is 6.02. The third-order valence-electron chi connectivity index (χ3n) is 4.19. The molecule has 0 bridgehead atoms. The fourth-order valence-corrected chi connectivity index (χ4v) is 3.07. The summed E-state index contributed by atoms with van der Waals surface area (Å²) in [5, 5.41) is 3.42. The average Bonchev–Trinajstić information content (AvgIpc) is 2.75. The van der Waals surface area contributed by atoms with E-state index in [2.05, 4.69) is 5.32 Å². The van der Waals surface area contributed by atoms with E-state index in [1.165, 1.54) is 0 Å². The largest absolute Gasteiger partial charge is 0.496 e. The Morgan fingerprint density at radius 2 is 1.62 bits per heavy atom. The van der Waals surface area contributed by atoms with Crippen LogP contribution < -0.4 is 19.5 Å². The number of hydrogen-bond donors (Lipinski definition) is 1. The minimum atomic E-state index is -0.324. The number of carbonyl (C=O) groups is 1. The fraction of sp³-hybridized carbons (Fsp3) is 0.136. The summed E-state index contributed by atoms with van der Waals surface area (Å²) in [5.41, 5.74) is 1.58. The van der Waals surface area contributed by atoms with Crippen molar-refractivity contribution in [2.45, 2.75) is 6.61 Å². The van der Waals surface area contributed by atoms with Crippen molar-refractivity contribution in [1.82, 2.24) is 0 Å². The van der Waals surface area contributed by atoms with Crippen LogP contribution in [-0.2, 0) is 6.61 Å².